The number of thiazole rings is 1. The van der Waals surface area contributed by atoms with Gasteiger partial charge in [0.1, 0.15) is 0 Å². The molecule has 2 heterocycles. The Hall–Kier alpha value is -0.910. The summed E-state index contributed by atoms with van der Waals surface area (Å²) in [6.45, 7) is 4.87. The minimum Gasteiger partial charge on any atom is -0.307 e. The lowest BCUT2D eigenvalue weighted by molar-refractivity contribution is 0.566. The lowest BCUT2D eigenvalue weighted by Gasteiger charge is -2.17. The fraction of sp³-hybridized carbons (Fsp3) is 0.455. The van der Waals surface area contributed by atoms with Crippen LogP contribution in [0.2, 0.25) is 5.02 Å². The maximum atomic E-state index is 6.23. The van der Waals surface area contributed by atoms with Crippen molar-refractivity contribution in [2.75, 3.05) is 7.05 Å². The quantitative estimate of drug-likeness (QED) is 0.929. The SMILES string of the molecule is CCn1ncc(Cl)c1C(NC)c1scnc1C. The zero-order valence-electron chi connectivity index (χ0n) is 10.1. The molecule has 2 aromatic rings. The van der Waals surface area contributed by atoms with Crippen molar-refractivity contribution in [3.63, 3.8) is 0 Å². The second kappa shape index (κ2) is 5.16. The highest BCUT2D eigenvalue weighted by Gasteiger charge is 2.23. The summed E-state index contributed by atoms with van der Waals surface area (Å²) >= 11 is 7.86. The van der Waals surface area contributed by atoms with Gasteiger partial charge in [-0.05, 0) is 20.9 Å². The van der Waals surface area contributed by atoms with Gasteiger partial charge in [0.05, 0.1) is 39.0 Å². The number of hydrogen-bond acceptors (Lipinski definition) is 4. The van der Waals surface area contributed by atoms with Crippen molar-refractivity contribution in [1.29, 1.82) is 0 Å². The molecule has 0 bridgehead atoms. The van der Waals surface area contributed by atoms with Gasteiger partial charge in [0, 0.05) is 6.54 Å². The van der Waals surface area contributed by atoms with E-state index >= 15 is 0 Å². The molecule has 1 unspecified atom stereocenters. The smallest absolute Gasteiger partial charge is 0.0873 e. The standard InChI is InChI=1S/C11H15ClN4S/c1-4-16-10(8(12)5-15-16)9(13-3)11-7(2)14-6-17-11/h5-6,9,13H,4H2,1-3H3. The van der Waals surface area contributed by atoms with E-state index in [9.17, 15) is 0 Å². The molecule has 0 aliphatic heterocycles. The molecule has 2 rings (SSSR count). The number of rotatable bonds is 4. The van der Waals surface area contributed by atoms with Gasteiger partial charge in [-0.3, -0.25) is 4.68 Å². The maximum Gasteiger partial charge on any atom is 0.0873 e. The second-order valence-electron chi connectivity index (χ2n) is 3.72. The predicted octanol–water partition coefficient (Wildman–Crippen LogP) is 2.63. The van der Waals surface area contributed by atoms with E-state index in [1.54, 1.807) is 17.5 Å². The molecule has 1 atom stereocenters. The van der Waals surface area contributed by atoms with Gasteiger partial charge in [0.15, 0.2) is 0 Å². The van der Waals surface area contributed by atoms with Crippen LogP contribution in [-0.2, 0) is 6.54 Å². The van der Waals surface area contributed by atoms with E-state index in [4.69, 9.17) is 11.6 Å². The molecule has 2 aromatic heterocycles. The van der Waals surface area contributed by atoms with Crippen LogP contribution >= 0.6 is 22.9 Å². The Balaban J connectivity index is 2.49. The molecule has 4 nitrogen and oxygen atoms in total. The van der Waals surface area contributed by atoms with E-state index in [2.05, 4.69) is 22.3 Å². The largest absolute Gasteiger partial charge is 0.307 e. The number of hydrogen-bond donors (Lipinski definition) is 1. The van der Waals surface area contributed by atoms with Crippen LogP contribution in [-0.4, -0.2) is 21.8 Å². The Labute approximate surface area is 110 Å². The molecule has 0 aliphatic carbocycles. The first kappa shape index (κ1) is 12.5. The molecule has 0 amide bonds. The fourth-order valence-electron chi connectivity index (χ4n) is 1.89. The molecule has 0 aromatic carbocycles. The highest BCUT2D eigenvalue weighted by atomic mass is 35.5. The topological polar surface area (TPSA) is 42.7 Å². The first-order chi connectivity index (χ1) is 8.19. The van der Waals surface area contributed by atoms with Crippen molar-refractivity contribution < 1.29 is 0 Å². The van der Waals surface area contributed by atoms with E-state index < -0.39 is 0 Å². The summed E-state index contributed by atoms with van der Waals surface area (Å²) in [5, 5.41) is 8.25. The van der Waals surface area contributed by atoms with Gasteiger partial charge in [0.2, 0.25) is 0 Å². The minimum atomic E-state index is 0.0532. The van der Waals surface area contributed by atoms with Crippen LogP contribution in [0, 0.1) is 6.92 Å². The summed E-state index contributed by atoms with van der Waals surface area (Å²) in [6.07, 6.45) is 1.70. The third-order valence-corrected chi connectivity index (χ3v) is 4.03. The minimum absolute atomic E-state index is 0.0532. The van der Waals surface area contributed by atoms with Gasteiger partial charge in [0.25, 0.3) is 0 Å². The first-order valence-electron chi connectivity index (χ1n) is 5.47. The highest BCUT2D eigenvalue weighted by Crippen LogP contribution is 2.31. The third-order valence-electron chi connectivity index (χ3n) is 2.74. The second-order valence-corrected chi connectivity index (χ2v) is 5.01. The summed E-state index contributed by atoms with van der Waals surface area (Å²) in [4.78, 5) is 5.47. The molecule has 0 radical (unpaired) electrons. The Morgan fingerprint density at radius 2 is 2.35 bits per heavy atom. The average molecular weight is 271 g/mol. The molecular formula is C11H15ClN4S. The predicted molar refractivity (Wildman–Crippen MR) is 70.7 cm³/mol. The van der Waals surface area contributed by atoms with Crippen LogP contribution in [0.3, 0.4) is 0 Å². The van der Waals surface area contributed by atoms with Crippen LogP contribution in [0.4, 0.5) is 0 Å². The first-order valence-corrected chi connectivity index (χ1v) is 6.73. The highest BCUT2D eigenvalue weighted by molar-refractivity contribution is 7.09. The van der Waals surface area contributed by atoms with Crippen LogP contribution in [0.15, 0.2) is 11.7 Å². The lowest BCUT2D eigenvalue weighted by atomic mass is 10.1. The summed E-state index contributed by atoms with van der Waals surface area (Å²) in [5.41, 5.74) is 3.90. The average Bonchev–Trinajstić information content (AvgIpc) is 2.89. The van der Waals surface area contributed by atoms with E-state index in [0.717, 1.165) is 17.9 Å². The van der Waals surface area contributed by atoms with Crippen molar-refractivity contribution in [2.45, 2.75) is 26.4 Å². The van der Waals surface area contributed by atoms with Gasteiger partial charge in [-0.1, -0.05) is 11.6 Å². The van der Waals surface area contributed by atoms with E-state index in [0.29, 0.717) is 5.02 Å². The Kier molecular flexibility index (Phi) is 3.81. The zero-order valence-corrected chi connectivity index (χ0v) is 11.6. The molecule has 1 N–H and O–H groups in total. The molecule has 0 fully saturated rings. The van der Waals surface area contributed by atoms with Crippen LogP contribution in [0.25, 0.3) is 0 Å². The van der Waals surface area contributed by atoms with E-state index in [-0.39, 0.29) is 6.04 Å². The summed E-state index contributed by atoms with van der Waals surface area (Å²) in [6, 6.07) is 0.0532. The number of aromatic nitrogens is 3. The maximum absolute atomic E-state index is 6.23. The molecular weight excluding hydrogens is 256 g/mol. The van der Waals surface area contributed by atoms with E-state index in [1.807, 2.05) is 24.2 Å². The van der Waals surface area contributed by atoms with Crippen molar-refractivity contribution in [3.05, 3.63) is 33.0 Å². The van der Waals surface area contributed by atoms with Crippen molar-refractivity contribution in [1.82, 2.24) is 20.1 Å². The molecule has 0 saturated carbocycles. The number of aryl methyl sites for hydroxylation is 2. The molecule has 0 aliphatic rings. The van der Waals surface area contributed by atoms with Crippen LogP contribution < -0.4 is 5.32 Å². The Morgan fingerprint density at radius 3 is 2.88 bits per heavy atom. The Bertz CT molecular complexity index is 505. The van der Waals surface area contributed by atoms with Gasteiger partial charge in [-0.2, -0.15) is 5.10 Å². The van der Waals surface area contributed by atoms with Crippen molar-refractivity contribution in [2.24, 2.45) is 0 Å². The van der Waals surface area contributed by atoms with Gasteiger partial charge in [-0.25, -0.2) is 4.98 Å². The number of nitrogens with one attached hydrogen (secondary N) is 1. The monoisotopic (exact) mass is 270 g/mol. The van der Waals surface area contributed by atoms with Crippen molar-refractivity contribution in [3.8, 4) is 0 Å². The molecule has 6 heteroatoms. The summed E-state index contributed by atoms with van der Waals surface area (Å²) in [7, 11) is 1.92. The number of nitrogens with zero attached hydrogens (tertiary/aromatic N) is 3. The summed E-state index contributed by atoms with van der Waals surface area (Å²) < 4.78 is 1.92. The molecule has 0 spiro atoms. The lowest BCUT2D eigenvalue weighted by Crippen LogP contribution is -2.21. The van der Waals surface area contributed by atoms with Gasteiger partial charge < -0.3 is 5.32 Å². The molecule has 92 valence electrons. The Morgan fingerprint density at radius 1 is 1.59 bits per heavy atom. The fourth-order valence-corrected chi connectivity index (χ4v) is 3.05. The van der Waals surface area contributed by atoms with Crippen LogP contribution in [0.1, 0.15) is 29.2 Å². The van der Waals surface area contributed by atoms with Gasteiger partial charge in [-0.15, -0.1) is 11.3 Å². The van der Waals surface area contributed by atoms with Crippen LogP contribution in [0.5, 0.6) is 0 Å². The van der Waals surface area contributed by atoms with Gasteiger partial charge >= 0.3 is 0 Å². The zero-order chi connectivity index (χ0) is 12.4. The third kappa shape index (κ3) is 2.22. The number of halogens is 1. The molecule has 17 heavy (non-hydrogen) atoms. The normalized spacial score (nSPS) is 12.9. The molecule has 0 saturated heterocycles. The summed E-state index contributed by atoms with van der Waals surface area (Å²) in [5.74, 6) is 0. The van der Waals surface area contributed by atoms with E-state index in [1.165, 1.54) is 4.88 Å². The van der Waals surface area contributed by atoms with Crippen molar-refractivity contribution >= 4 is 22.9 Å².